The molecule has 1 aromatic heterocycles. The molecule has 0 unspecified atom stereocenters. The van der Waals surface area contributed by atoms with Crippen LogP contribution in [0.2, 0.25) is 0 Å². The summed E-state index contributed by atoms with van der Waals surface area (Å²) in [6, 6.07) is 16.8. The van der Waals surface area contributed by atoms with Crippen molar-refractivity contribution in [1.82, 2.24) is 4.57 Å². The maximum absolute atomic E-state index is 14.0. The van der Waals surface area contributed by atoms with Gasteiger partial charge in [0.05, 0.1) is 44.5 Å². The van der Waals surface area contributed by atoms with E-state index in [2.05, 4.69) is 20.9 Å². The fourth-order valence-electron chi connectivity index (χ4n) is 4.95. The minimum absolute atomic E-state index is 0.00188. The van der Waals surface area contributed by atoms with E-state index in [1.165, 1.54) is 23.5 Å². The number of nitro groups is 1. The number of rotatable bonds is 10. The van der Waals surface area contributed by atoms with Crippen LogP contribution in [-0.2, 0) is 16.1 Å². The first-order chi connectivity index (χ1) is 21.6. The molecule has 0 fully saturated rings. The van der Waals surface area contributed by atoms with Crippen LogP contribution in [0.3, 0.4) is 0 Å². The van der Waals surface area contributed by atoms with Gasteiger partial charge in [0.2, 0.25) is 0 Å². The second-order valence-corrected chi connectivity index (χ2v) is 12.1. The Balaban J connectivity index is 1.54. The summed E-state index contributed by atoms with van der Waals surface area (Å²) in [6.45, 7) is 8.06. The topological polar surface area (TPSA) is 122 Å². The molecule has 1 aliphatic heterocycles. The normalized spacial score (nSPS) is 14.5. The molecule has 2 heterocycles. The number of hydrogen-bond acceptors (Lipinski definition) is 9. The van der Waals surface area contributed by atoms with Crippen molar-refractivity contribution in [3.63, 3.8) is 0 Å². The van der Waals surface area contributed by atoms with Crippen LogP contribution in [0.15, 0.2) is 86.2 Å². The number of carbonyl (C=O) groups excluding carboxylic acids is 1. The molecule has 12 heteroatoms. The third-order valence-corrected chi connectivity index (χ3v) is 8.64. The summed E-state index contributed by atoms with van der Waals surface area (Å²) >= 11 is 4.82. The number of hydrogen-bond donors (Lipinski definition) is 0. The minimum Gasteiger partial charge on any atom is -0.490 e. The van der Waals surface area contributed by atoms with Gasteiger partial charge in [-0.25, -0.2) is 9.79 Å². The van der Waals surface area contributed by atoms with Gasteiger partial charge in [0.15, 0.2) is 16.3 Å². The zero-order chi connectivity index (χ0) is 32.2. The molecule has 0 amide bonds. The average Bonchev–Trinajstić information content (AvgIpc) is 3.30. The predicted molar refractivity (Wildman–Crippen MR) is 174 cm³/mol. The van der Waals surface area contributed by atoms with Crippen LogP contribution < -0.4 is 24.4 Å². The zero-order valence-electron chi connectivity index (χ0n) is 25.0. The van der Waals surface area contributed by atoms with E-state index in [1.807, 2.05) is 44.2 Å². The predicted octanol–water partition coefficient (Wildman–Crippen LogP) is 5.76. The summed E-state index contributed by atoms with van der Waals surface area (Å²) in [7, 11) is 0. The number of esters is 1. The van der Waals surface area contributed by atoms with Crippen LogP contribution in [0, 0.1) is 17.0 Å². The van der Waals surface area contributed by atoms with Gasteiger partial charge in [-0.3, -0.25) is 19.5 Å². The number of aryl methyl sites for hydroxylation is 1. The van der Waals surface area contributed by atoms with E-state index in [9.17, 15) is 19.7 Å². The first-order valence-electron chi connectivity index (χ1n) is 14.2. The molecule has 1 atom stereocenters. The van der Waals surface area contributed by atoms with Crippen LogP contribution in [-0.4, -0.2) is 28.7 Å². The Bertz CT molecular complexity index is 1980. The molecule has 0 saturated carbocycles. The smallest absolute Gasteiger partial charge is 0.338 e. The Kier molecular flexibility index (Phi) is 9.64. The Morgan fingerprint density at radius 1 is 1.07 bits per heavy atom. The molecule has 1 aliphatic rings. The molecule has 0 bridgehead atoms. The second-order valence-electron chi connectivity index (χ2n) is 10.2. The monoisotopic (exact) mass is 691 g/mol. The number of thiazole rings is 1. The van der Waals surface area contributed by atoms with E-state index in [-0.39, 0.29) is 24.5 Å². The quantitative estimate of drug-likeness (QED) is 0.118. The standard InChI is InChI=1S/C33H30BrN3O7S/c1-5-42-26-16-22(15-25(34)30(26)44-18-21-9-13-24(14-10-21)37(40)41)17-27-31(38)36-29(23-11-7-19(3)8-12-23)28(32(39)43-6-2)20(4)35-33(36)45-27/h7-17,29H,5-6,18H2,1-4H3/b27-17+/t29-/m0/s1. The number of benzene rings is 3. The van der Waals surface area contributed by atoms with Crippen molar-refractivity contribution >= 4 is 45.0 Å². The fraction of sp³-hybridized carbons (Fsp3) is 0.242. The average molecular weight is 693 g/mol. The molecule has 10 nitrogen and oxygen atoms in total. The van der Waals surface area contributed by atoms with Gasteiger partial charge in [-0.15, -0.1) is 0 Å². The maximum atomic E-state index is 14.0. The number of fused-ring (bicyclic) bond motifs is 1. The van der Waals surface area contributed by atoms with E-state index >= 15 is 0 Å². The summed E-state index contributed by atoms with van der Waals surface area (Å²) in [4.78, 5) is 42.7. The van der Waals surface area contributed by atoms with Gasteiger partial charge in [-0.1, -0.05) is 41.2 Å². The summed E-state index contributed by atoms with van der Waals surface area (Å²) in [5.74, 6) is 0.418. The highest BCUT2D eigenvalue weighted by Gasteiger charge is 2.33. The van der Waals surface area contributed by atoms with E-state index in [1.54, 1.807) is 42.7 Å². The van der Waals surface area contributed by atoms with Crippen molar-refractivity contribution in [2.75, 3.05) is 13.2 Å². The molecule has 3 aromatic carbocycles. The van der Waals surface area contributed by atoms with E-state index < -0.39 is 16.9 Å². The molecule has 0 radical (unpaired) electrons. The van der Waals surface area contributed by atoms with Crippen LogP contribution in [0.25, 0.3) is 6.08 Å². The van der Waals surface area contributed by atoms with Crippen LogP contribution in [0.4, 0.5) is 5.69 Å². The zero-order valence-corrected chi connectivity index (χ0v) is 27.4. The number of ether oxygens (including phenoxy) is 3. The van der Waals surface area contributed by atoms with Gasteiger partial charge in [-0.2, -0.15) is 0 Å². The lowest BCUT2D eigenvalue weighted by atomic mass is 9.95. The summed E-state index contributed by atoms with van der Waals surface area (Å²) < 4.78 is 19.9. The highest BCUT2D eigenvalue weighted by atomic mass is 79.9. The van der Waals surface area contributed by atoms with Crippen molar-refractivity contribution in [2.24, 2.45) is 4.99 Å². The minimum atomic E-state index is -0.691. The number of aromatic nitrogens is 1. The van der Waals surface area contributed by atoms with Crippen LogP contribution >= 0.6 is 27.3 Å². The molecule has 232 valence electrons. The van der Waals surface area contributed by atoms with Gasteiger partial charge >= 0.3 is 5.97 Å². The third-order valence-electron chi connectivity index (χ3n) is 7.07. The Morgan fingerprint density at radius 2 is 1.78 bits per heavy atom. The molecule has 5 rings (SSSR count). The van der Waals surface area contributed by atoms with Crippen molar-refractivity contribution < 1.29 is 23.9 Å². The van der Waals surface area contributed by atoms with Crippen molar-refractivity contribution in [3.05, 3.63) is 128 Å². The fourth-order valence-corrected chi connectivity index (χ4v) is 6.57. The molecule has 45 heavy (non-hydrogen) atoms. The lowest BCUT2D eigenvalue weighted by Crippen LogP contribution is -2.39. The highest BCUT2D eigenvalue weighted by Crippen LogP contribution is 2.38. The second kappa shape index (κ2) is 13.6. The highest BCUT2D eigenvalue weighted by molar-refractivity contribution is 9.10. The number of nitro benzene ring substituents is 1. The molecular formula is C33H30BrN3O7S. The first-order valence-corrected chi connectivity index (χ1v) is 15.8. The number of carbonyl (C=O) groups is 1. The Hall–Kier alpha value is -4.55. The summed E-state index contributed by atoms with van der Waals surface area (Å²) in [6.07, 6.45) is 1.76. The largest absolute Gasteiger partial charge is 0.490 e. The van der Waals surface area contributed by atoms with Gasteiger partial charge < -0.3 is 14.2 Å². The van der Waals surface area contributed by atoms with Crippen LogP contribution in [0.5, 0.6) is 11.5 Å². The number of nitrogens with zero attached hydrogens (tertiary/aromatic N) is 3. The van der Waals surface area contributed by atoms with Gasteiger partial charge in [0, 0.05) is 12.1 Å². The number of halogens is 1. The van der Waals surface area contributed by atoms with Gasteiger partial charge in [-0.05, 0) is 90.7 Å². The molecule has 4 aromatic rings. The molecule has 0 saturated heterocycles. The van der Waals surface area contributed by atoms with Crippen molar-refractivity contribution in [2.45, 2.75) is 40.3 Å². The first kappa shape index (κ1) is 31.9. The molecule has 0 aliphatic carbocycles. The van der Waals surface area contributed by atoms with E-state index in [4.69, 9.17) is 14.2 Å². The number of non-ortho nitro benzene ring substituents is 1. The van der Waals surface area contributed by atoms with Crippen LogP contribution in [0.1, 0.15) is 49.1 Å². The molecule has 0 N–H and O–H groups in total. The lowest BCUT2D eigenvalue weighted by molar-refractivity contribution is -0.384. The molecular weight excluding hydrogens is 662 g/mol. The van der Waals surface area contributed by atoms with Gasteiger partial charge in [0.1, 0.15) is 6.61 Å². The molecule has 0 spiro atoms. The van der Waals surface area contributed by atoms with E-state index in [0.717, 1.165) is 16.7 Å². The lowest BCUT2D eigenvalue weighted by Gasteiger charge is -2.24. The third kappa shape index (κ3) is 6.76. The Labute approximate surface area is 271 Å². The van der Waals surface area contributed by atoms with E-state index in [0.29, 0.717) is 48.7 Å². The Morgan fingerprint density at radius 3 is 2.42 bits per heavy atom. The number of allylic oxidation sites excluding steroid dienone is 1. The SMILES string of the molecule is CCOC(=O)C1=C(C)N=c2s/c(=C/c3cc(Br)c(OCc4ccc([N+](=O)[O-])cc4)c(OCC)c3)c(=O)n2[C@H]1c1ccc(C)cc1. The van der Waals surface area contributed by atoms with Crippen molar-refractivity contribution in [3.8, 4) is 11.5 Å². The van der Waals surface area contributed by atoms with Gasteiger partial charge in [0.25, 0.3) is 11.2 Å². The summed E-state index contributed by atoms with van der Waals surface area (Å²) in [5, 5.41) is 11.0. The summed E-state index contributed by atoms with van der Waals surface area (Å²) in [5.41, 5.74) is 3.82. The van der Waals surface area contributed by atoms with Crippen molar-refractivity contribution in [1.29, 1.82) is 0 Å². The maximum Gasteiger partial charge on any atom is 0.338 e.